The molecule has 1 fully saturated rings. The molecule has 7 nitrogen and oxygen atoms in total. The van der Waals surface area contributed by atoms with Crippen LogP contribution in [0.2, 0.25) is 0 Å². The van der Waals surface area contributed by atoms with Gasteiger partial charge in [0, 0.05) is 49.0 Å². The first-order valence-corrected chi connectivity index (χ1v) is 13.2. The number of nitrogens with one attached hydrogen (secondary N) is 1. The number of methoxy groups -OCH3 is 1. The summed E-state index contributed by atoms with van der Waals surface area (Å²) in [6.07, 6.45) is 7.17. The number of fused-ring (bicyclic) bond motifs is 3. The molecule has 0 radical (unpaired) electrons. The number of piperidine rings is 1. The largest absolute Gasteiger partial charge is 0.390 e. The van der Waals surface area contributed by atoms with Crippen molar-refractivity contribution in [2.75, 3.05) is 40.0 Å². The summed E-state index contributed by atoms with van der Waals surface area (Å²) < 4.78 is 35.8. The van der Waals surface area contributed by atoms with Crippen molar-refractivity contribution in [1.82, 2.24) is 14.2 Å². The molecule has 1 aromatic carbocycles. The Labute approximate surface area is 190 Å². The minimum Gasteiger partial charge on any atom is -0.390 e. The average molecular weight is 460 g/mol. The lowest BCUT2D eigenvalue weighted by Gasteiger charge is -2.53. The van der Waals surface area contributed by atoms with Crippen molar-refractivity contribution in [3.8, 4) is 0 Å². The van der Waals surface area contributed by atoms with Gasteiger partial charge in [-0.05, 0) is 62.4 Å². The van der Waals surface area contributed by atoms with E-state index in [1.54, 1.807) is 13.2 Å². The SMILES string of the molecule is CC[C@@]12C=C(CO)n3c4c(c5cc(S(=O)(=O)NCCCOC)ccc53)CCN(CCC1)[C@H]42. The maximum Gasteiger partial charge on any atom is 0.240 e. The summed E-state index contributed by atoms with van der Waals surface area (Å²) in [5.74, 6) is 0. The fourth-order valence-electron chi connectivity index (χ4n) is 6.21. The first-order valence-electron chi connectivity index (χ1n) is 11.7. The van der Waals surface area contributed by atoms with Gasteiger partial charge in [-0.15, -0.1) is 0 Å². The number of aliphatic hydroxyl groups excluding tert-OH is 1. The predicted octanol–water partition coefficient (Wildman–Crippen LogP) is 2.89. The second-order valence-electron chi connectivity index (χ2n) is 9.29. The molecule has 0 bridgehead atoms. The van der Waals surface area contributed by atoms with E-state index >= 15 is 0 Å². The summed E-state index contributed by atoms with van der Waals surface area (Å²) in [5.41, 5.74) is 4.46. The van der Waals surface area contributed by atoms with E-state index in [9.17, 15) is 13.5 Å². The fraction of sp³-hybridized carbons (Fsp3) is 0.583. The Morgan fingerprint density at radius 2 is 2.16 bits per heavy atom. The highest BCUT2D eigenvalue weighted by Crippen LogP contribution is 2.56. The number of aromatic nitrogens is 1. The molecule has 0 saturated carbocycles. The zero-order valence-corrected chi connectivity index (χ0v) is 19.7. The van der Waals surface area contributed by atoms with Crippen LogP contribution in [0.15, 0.2) is 29.2 Å². The summed E-state index contributed by atoms with van der Waals surface area (Å²) in [7, 11) is -1.98. The van der Waals surface area contributed by atoms with Gasteiger partial charge in [-0.25, -0.2) is 13.1 Å². The van der Waals surface area contributed by atoms with Crippen LogP contribution in [-0.2, 0) is 21.2 Å². The molecule has 8 heteroatoms. The van der Waals surface area contributed by atoms with Crippen LogP contribution in [0.4, 0.5) is 0 Å². The fourth-order valence-corrected chi connectivity index (χ4v) is 7.31. The highest BCUT2D eigenvalue weighted by Gasteiger charge is 2.50. The molecule has 174 valence electrons. The summed E-state index contributed by atoms with van der Waals surface area (Å²) in [6, 6.07) is 5.72. The lowest BCUT2D eigenvalue weighted by Crippen LogP contribution is -2.50. The average Bonchev–Trinajstić information content (AvgIpc) is 3.15. The normalized spacial score (nSPS) is 25.1. The van der Waals surface area contributed by atoms with Gasteiger partial charge in [0.15, 0.2) is 0 Å². The quantitative estimate of drug-likeness (QED) is 0.593. The van der Waals surface area contributed by atoms with E-state index in [0.29, 0.717) is 30.5 Å². The monoisotopic (exact) mass is 459 g/mol. The maximum atomic E-state index is 12.9. The molecule has 2 N–H and O–H groups in total. The van der Waals surface area contributed by atoms with Gasteiger partial charge in [0.2, 0.25) is 10.0 Å². The number of aliphatic hydroxyl groups is 1. The van der Waals surface area contributed by atoms with Crippen LogP contribution in [0.25, 0.3) is 16.6 Å². The Kier molecular flexibility index (Phi) is 5.70. The first-order chi connectivity index (χ1) is 15.5. The number of sulfonamides is 1. The molecule has 32 heavy (non-hydrogen) atoms. The number of rotatable bonds is 8. The van der Waals surface area contributed by atoms with Crippen LogP contribution in [0.5, 0.6) is 0 Å². The Morgan fingerprint density at radius 1 is 1.31 bits per heavy atom. The Hall–Kier alpha value is -1.71. The van der Waals surface area contributed by atoms with E-state index < -0.39 is 10.0 Å². The van der Waals surface area contributed by atoms with Gasteiger partial charge in [-0.3, -0.25) is 4.90 Å². The van der Waals surface area contributed by atoms with E-state index in [1.165, 1.54) is 17.7 Å². The molecule has 0 amide bonds. The molecule has 0 aliphatic carbocycles. The third-order valence-corrected chi connectivity index (χ3v) is 9.14. The summed E-state index contributed by atoms with van der Waals surface area (Å²) in [6.45, 7) is 5.19. The van der Waals surface area contributed by atoms with Crippen LogP contribution >= 0.6 is 0 Å². The number of hydrogen-bond donors (Lipinski definition) is 2. The van der Waals surface area contributed by atoms with Gasteiger partial charge in [-0.1, -0.05) is 13.0 Å². The van der Waals surface area contributed by atoms with Gasteiger partial charge in [0.1, 0.15) is 0 Å². The van der Waals surface area contributed by atoms with Gasteiger partial charge in [-0.2, -0.15) is 0 Å². The summed E-state index contributed by atoms with van der Waals surface area (Å²) in [5, 5.41) is 11.3. The second kappa shape index (κ2) is 8.25. The lowest BCUT2D eigenvalue weighted by atomic mass is 9.66. The van der Waals surface area contributed by atoms with Gasteiger partial charge in [0.05, 0.1) is 23.1 Å². The van der Waals surface area contributed by atoms with Crippen molar-refractivity contribution < 1.29 is 18.3 Å². The zero-order valence-electron chi connectivity index (χ0n) is 18.9. The van der Waals surface area contributed by atoms with E-state index in [4.69, 9.17) is 4.74 Å². The third kappa shape index (κ3) is 3.27. The standard InChI is InChI=1S/C24H33N3O4S/c1-3-24-9-4-11-26-12-8-19-20-14-18(32(29,30)25-10-5-13-31-2)6-7-21(20)27(17(15-24)16-28)22(19)23(24)26/h6-7,14-15,23,25,28H,3-5,8-13,16H2,1-2H3/t23-,24+/m1/s1. The molecule has 0 unspecified atom stereocenters. The lowest BCUT2D eigenvalue weighted by molar-refractivity contribution is 0.0263. The van der Waals surface area contributed by atoms with Crippen molar-refractivity contribution in [1.29, 1.82) is 0 Å². The molecule has 3 aliphatic heterocycles. The molecule has 2 aromatic rings. The Balaban J connectivity index is 1.64. The predicted molar refractivity (Wildman–Crippen MR) is 125 cm³/mol. The van der Waals surface area contributed by atoms with Crippen LogP contribution < -0.4 is 4.72 Å². The van der Waals surface area contributed by atoms with Gasteiger partial charge < -0.3 is 14.4 Å². The van der Waals surface area contributed by atoms with Crippen LogP contribution in [-0.4, -0.2) is 62.9 Å². The highest BCUT2D eigenvalue weighted by atomic mass is 32.2. The Bertz CT molecular complexity index is 1170. The van der Waals surface area contributed by atoms with Gasteiger partial charge >= 0.3 is 0 Å². The molecule has 5 rings (SSSR count). The summed E-state index contributed by atoms with van der Waals surface area (Å²) >= 11 is 0. The van der Waals surface area contributed by atoms with Crippen molar-refractivity contribution >= 4 is 26.6 Å². The zero-order chi connectivity index (χ0) is 22.5. The van der Waals surface area contributed by atoms with E-state index in [1.807, 2.05) is 12.1 Å². The smallest absolute Gasteiger partial charge is 0.240 e. The minimum absolute atomic E-state index is 0.0220. The topological polar surface area (TPSA) is 83.8 Å². The Morgan fingerprint density at radius 3 is 2.91 bits per heavy atom. The van der Waals surface area contributed by atoms with Crippen LogP contribution in [0.3, 0.4) is 0 Å². The molecular weight excluding hydrogens is 426 g/mol. The van der Waals surface area contributed by atoms with Crippen LogP contribution in [0, 0.1) is 5.41 Å². The van der Waals surface area contributed by atoms with Crippen LogP contribution in [0.1, 0.15) is 49.9 Å². The van der Waals surface area contributed by atoms with Crippen molar-refractivity contribution in [3.63, 3.8) is 0 Å². The van der Waals surface area contributed by atoms with E-state index in [2.05, 4.69) is 27.2 Å². The number of nitrogens with zero attached hydrogens (tertiary/aromatic N) is 2. The summed E-state index contributed by atoms with van der Waals surface area (Å²) in [4.78, 5) is 2.90. The van der Waals surface area contributed by atoms with Crippen molar-refractivity contribution in [2.24, 2.45) is 5.41 Å². The number of ether oxygens (including phenoxy) is 1. The molecule has 1 saturated heterocycles. The van der Waals surface area contributed by atoms with E-state index in [-0.39, 0.29) is 12.0 Å². The second-order valence-corrected chi connectivity index (χ2v) is 11.1. The van der Waals surface area contributed by atoms with Gasteiger partial charge in [0.25, 0.3) is 0 Å². The van der Waals surface area contributed by atoms with Crippen molar-refractivity contribution in [3.05, 3.63) is 35.5 Å². The third-order valence-electron chi connectivity index (χ3n) is 7.68. The molecule has 4 heterocycles. The molecule has 3 aliphatic rings. The van der Waals surface area contributed by atoms with Crippen molar-refractivity contribution in [2.45, 2.75) is 50.0 Å². The molecule has 0 spiro atoms. The molecular formula is C24H33N3O4S. The minimum atomic E-state index is -3.59. The highest BCUT2D eigenvalue weighted by molar-refractivity contribution is 7.89. The maximum absolute atomic E-state index is 12.9. The molecule has 1 aromatic heterocycles. The first kappa shape index (κ1) is 22.1. The van der Waals surface area contributed by atoms with E-state index in [0.717, 1.165) is 49.0 Å². The molecule has 2 atom stereocenters. The number of benzene rings is 1. The number of hydrogen-bond acceptors (Lipinski definition) is 5.